The van der Waals surface area contributed by atoms with E-state index in [0.29, 0.717) is 11.5 Å². The molecule has 1 unspecified atom stereocenters. The first-order valence-corrected chi connectivity index (χ1v) is 12.4. The van der Waals surface area contributed by atoms with Gasteiger partial charge in [-0.2, -0.15) is 0 Å². The molecule has 1 aromatic heterocycles. The molecule has 0 spiro atoms. The first kappa shape index (κ1) is 24.5. The van der Waals surface area contributed by atoms with Crippen molar-refractivity contribution in [1.29, 1.82) is 0 Å². The largest absolute Gasteiger partial charge is 0.324 e. The predicted octanol–water partition coefficient (Wildman–Crippen LogP) is 3.51. The molecule has 0 fully saturated rings. The maximum atomic E-state index is 13.4. The van der Waals surface area contributed by atoms with Crippen LogP contribution in [0.3, 0.4) is 0 Å². The van der Waals surface area contributed by atoms with Gasteiger partial charge in [0.05, 0.1) is 4.90 Å². The summed E-state index contributed by atoms with van der Waals surface area (Å²) >= 11 is 0. The third-order valence-electron chi connectivity index (χ3n) is 5.31. The first-order chi connectivity index (χ1) is 16.4. The van der Waals surface area contributed by atoms with Crippen molar-refractivity contribution in [3.8, 4) is 0 Å². The quantitative estimate of drug-likeness (QED) is 0.562. The Morgan fingerprint density at radius 3 is 2.31 bits per heavy atom. The minimum atomic E-state index is -3.72. The van der Waals surface area contributed by atoms with Gasteiger partial charge >= 0.3 is 0 Å². The Hall–Kier alpha value is -3.63. The normalized spacial score (nSPS) is 15.5. The Bertz CT molecular complexity index is 1370. The van der Waals surface area contributed by atoms with Crippen LogP contribution in [0.15, 0.2) is 71.8 Å². The lowest BCUT2D eigenvalue weighted by Gasteiger charge is -2.24. The van der Waals surface area contributed by atoms with Crippen LogP contribution in [0.2, 0.25) is 0 Å². The lowest BCUT2D eigenvalue weighted by Crippen LogP contribution is -2.45. The number of nitrogens with zero attached hydrogens (tertiary/aromatic N) is 2. The van der Waals surface area contributed by atoms with Gasteiger partial charge in [0.1, 0.15) is 17.7 Å². The molecular formula is C25H25FN4O4S. The number of amides is 2. The Kier molecular flexibility index (Phi) is 6.44. The van der Waals surface area contributed by atoms with Crippen LogP contribution >= 0.6 is 0 Å². The van der Waals surface area contributed by atoms with Crippen molar-refractivity contribution < 1.29 is 22.4 Å². The van der Waals surface area contributed by atoms with Gasteiger partial charge in [-0.25, -0.2) is 22.5 Å². The van der Waals surface area contributed by atoms with Crippen LogP contribution in [0, 0.1) is 5.82 Å². The molecule has 0 bridgehead atoms. The molecule has 35 heavy (non-hydrogen) atoms. The van der Waals surface area contributed by atoms with Crippen LogP contribution in [0.5, 0.6) is 0 Å². The Morgan fingerprint density at radius 2 is 1.69 bits per heavy atom. The maximum Gasteiger partial charge on any atom is 0.260 e. The molecular weight excluding hydrogens is 471 g/mol. The molecule has 8 nitrogen and oxygen atoms in total. The van der Waals surface area contributed by atoms with E-state index in [-0.39, 0.29) is 16.9 Å². The fourth-order valence-electron chi connectivity index (χ4n) is 3.84. The monoisotopic (exact) mass is 496 g/mol. The van der Waals surface area contributed by atoms with Gasteiger partial charge in [-0.15, -0.1) is 0 Å². The molecule has 0 saturated heterocycles. The molecule has 2 amide bonds. The molecule has 0 aliphatic carbocycles. The second kappa shape index (κ2) is 9.20. The number of anilines is 2. The molecule has 2 N–H and O–H groups in total. The van der Waals surface area contributed by atoms with Crippen molar-refractivity contribution >= 4 is 33.3 Å². The van der Waals surface area contributed by atoms with E-state index in [0.717, 1.165) is 5.56 Å². The van der Waals surface area contributed by atoms with Crippen LogP contribution in [0.25, 0.3) is 0 Å². The second-order valence-corrected chi connectivity index (χ2v) is 10.9. The lowest BCUT2D eigenvalue weighted by atomic mass is 10.1. The minimum Gasteiger partial charge on any atom is -0.324 e. The van der Waals surface area contributed by atoms with Crippen molar-refractivity contribution in [1.82, 2.24) is 9.71 Å². The van der Waals surface area contributed by atoms with Gasteiger partial charge in [-0.3, -0.25) is 14.5 Å². The van der Waals surface area contributed by atoms with E-state index in [9.17, 15) is 22.4 Å². The summed E-state index contributed by atoms with van der Waals surface area (Å²) in [5.41, 5.74) is 0.696. The zero-order chi connectivity index (χ0) is 25.4. The number of hydrogen-bond acceptors (Lipinski definition) is 5. The molecule has 4 rings (SSSR count). The van der Waals surface area contributed by atoms with Gasteiger partial charge in [0, 0.05) is 29.4 Å². The highest BCUT2D eigenvalue weighted by atomic mass is 32.2. The number of rotatable bonds is 5. The van der Waals surface area contributed by atoms with Crippen LogP contribution in [-0.2, 0) is 21.2 Å². The number of fused-ring (bicyclic) bond motifs is 1. The molecule has 1 aliphatic heterocycles. The Labute approximate surface area is 203 Å². The summed E-state index contributed by atoms with van der Waals surface area (Å²) in [7, 11) is -3.72. The van der Waals surface area contributed by atoms with E-state index in [4.69, 9.17) is 0 Å². The van der Waals surface area contributed by atoms with E-state index >= 15 is 0 Å². The highest BCUT2D eigenvalue weighted by molar-refractivity contribution is 7.89. The summed E-state index contributed by atoms with van der Waals surface area (Å²) in [6.45, 7) is 5.23. The molecule has 1 atom stereocenters. The van der Waals surface area contributed by atoms with Crippen molar-refractivity contribution in [3.63, 3.8) is 0 Å². The number of hydrogen-bond donors (Lipinski definition) is 2. The van der Waals surface area contributed by atoms with E-state index in [1.54, 1.807) is 32.9 Å². The number of sulfonamides is 1. The van der Waals surface area contributed by atoms with Crippen LogP contribution in [0.1, 0.15) is 36.7 Å². The zero-order valence-corrected chi connectivity index (χ0v) is 20.3. The van der Waals surface area contributed by atoms with E-state index in [1.807, 2.05) is 0 Å². The maximum absolute atomic E-state index is 13.4. The summed E-state index contributed by atoms with van der Waals surface area (Å²) in [6, 6.07) is 13.5. The van der Waals surface area contributed by atoms with E-state index in [2.05, 4.69) is 15.0 Å². The SMILES string of the molecule is CC(C)(C)NS(=O)(=O)c1ccc(NC(=O)C2Cc3cccnc3N2C(=O)c2ccc(F)cc2)cc1. The third kappa shape index (κ3) is 5.39. The molecule has 0 radical (unpaired) electrons. The average molecular weight is 497 g/mol. The molecule has 1 aliphatic rings. The van der Waals surface area contributed by atoms with Crippen molar-refractivity contribution in [2.45, 2.75) is 43.7 Å². The molecule has 2 aromatic carbocycles. The van der Waals surface area contributed by atoms with Crippen molar-refractivity contribution in [2.24, 2.45) is 0 Å². The summed E-state index contributed by atoms with van der Waals surface area (Å²) in [4.78, 5) is 32.2. The Morgan fingerprint density at radius 1 is 1.03 bits per heavy atom. The molecule has 0 saturated carbocycles. The van der Waals surface area contributed by atoms with Crippen molar-refractivity contribution in [2.75, 3.05) is 10.2 Å². The van der Waals surface area contributed by atoms with E-state index < -0.39 is 39.2 Å². The van der Waals surface area contributed by atoms with Crippen LogP contribution in [0.4, 0.5) is 15.9 Å². The minimum absolute atomic E-state index is 0.0657. The second-order valence-electron chi connectivity index (χ2n) is 9.26. The van der Waals surface area contributed by atoms with Gasteiger partial charge in [-0.1, -0.05) is 6.07 Å². The summed E-state index contributed by atoms with van der Waals surface area (Å²) in [6.07, 6.45) is 1.79. The molecule has 182 valence electrons. The summed E-state index contributed by atoms with van der Waals surface area (Å²) < 4.78 is 41.0. The van der Waals surface area contributed by atoms with Gasteiger partial charge in [0.2, 0.25) is 15.9 Å². The molecule has 3 aromatic rings. The highest BCUT2D eigenvalue weighted by Gasteiger charge is 2.39. The van der Waals surface area contributed by atoms with Crippen LogP contribution < -0.4 is 14.9 Å². The van der Waals surface area contributed by atoms with E-state index in [1.165, 1.54) is 59.6 Å². The number of halogens is 1. The van der Waals surface area contributed by atoms with Crippen molar-refractivity contribution in [3.05, 3.63) is 83.8 Å². The third-order valence-corrected chi connectivity index (χ3v) is 7.08. The van der Waals surface area contributed by atoms with Crippen LogP contribution in [-0.4, -0.2) is 36.8 Å². The number of pyridine rings is 1. The predicted molar refractivity (Wildman–Crippen MR) is 130 cm³/mol. The first-order valence-electron chi connectivity index (χ1n) is 10.9. The van der Waals surface area contributed by atoms with Gasteiger partial charge in [-0.05, 0) is 80.9 Å². The number of nitrogens with one attached hydrogen (secondary N) is 2. The van der Waals surface area contributed by atoms with Gasteiger partial charge in [0.15, 0.2) is 0 Å². The van der Waals surface area contributed by atoms with Gasteiger partial charge in [0.25, 0.3) is 5.91 Å². The highest BCUT2D eigenvalue weighted by Crippen LogP contribution is 2.32. The molecule has 10 heteroatoms. The topological polar surface area (TPSA) is 108 Å². The fraction of sp³-hybridized carbons (Fsp3) is 0.240. The zero-order valence-electron chi connectivity index (χ0n) is 19.4. The van der Waals surface area contributed by atoms with Gasteiger partial charge < -0.3 is 5.32 Å². The average Bonchev–Trinajstić information content (AvgIpc) is 3.18. The Balaban J connectivity index is 1.56. The number of carbonyl (C=O) groups excluding carboxylic acids is 2. The number of carbonyl (C=O) groups is 2. The molecule has 2 heterocycles. The fourth-order valence-corrected chi connectivity index (χ4v) is 5.26. The summed E-state index contributed by atoms with van der Waals surface area (Å²) in [5, 5.41) is 2.76. The number of benzene rings is 2. The standard InChI is InChI=1S/C25H25FN4O4S/c1-25(2,3)29-35(33,34)20-12-10-19(11-13-20)28-23(31)21-15-17-5-4-14-27-22(17)30(21)24(32)16-6-8-18(26)9-7-16/h4-14,21,29H,15H2,1-3H3,(H,28,31). The number of aromatic nitrogens is 1. The smallest absolute Gasteiger partial charge is 0.260 e. The lowest BCUT2D eigenvalue weighted by molar-refractivity contribution is -0.117. The summed E-state index contributed by atoms with van der Waals surface area (Å²) in [5.74, 6) is -1.03.